The number of allylic oxidation sites excluding steroid dienone is 2. The second-order valence-electron chi connectivity index (χ2n) is 6.74. The average molecular weight is 295 g/mol. The summed E-state index contributed by atoms with van der Waals surface area (Å²) in [5.74, 6) is -0.248. The zero-order valence-corrected chi connectivity index (χ0v) is 12.6. The summed E-state index contributed by atoms with van der Waals surface area (Å²) < 4.78 is 0. The molecular formula is C18H17NO3. The van der Waals surface area contributed by atoms with Gasteiger partial charge in [0.15, 0.2) is 5.78 Å². The summed E-state index contributed by atoms with van der Waals surface area (Å²) in [6.07, 6.45) is 5.07. The number of hydrogen-bond donors (Lipinski definition) is 0. The minimum atomic E-state index is -0.622. The van der Waals surface area contributed by atoms with Gasteiger partial charge in [-0.2, -0.15) is 0 Å². The first-order chi connectivity index (χ1) is 10.4. The van der Waals surface area contributed by atoms with Gasteiger partial charge in [-0.15, -0.1) is 0 Å². The Bertz CT molecular complexity index is 750. The summed E-state index contributed by atoms with van der Waals surface area (Å²) in [7, 11) is 0. The van der Waals surface area contributed by atoms with Gasteiger partial charge in [0.2, 0.25) is 11.8 Å². The van der Waals surface area contributed by atoms with Gasteiger partial charge in [-0.1, -0.05) is 24.3 Å². The number of imide groups is 1. The Morgan fingerprint density at radius 2 is 2.05 bits per heavy atom. The molecule has 1 aliphatic heterocycles. The van der Waals surface area contributed by atoms with Gasteiger partial charge in [0.05, 0.1) is 17.0 Å². The van der Waals surface area contributed by atoms with Gasteiger partial charge in [0, 0.05) is 5.56 Å². The van der Waals surface area contributed by atoms with Crippen LogP contribution in [0.25, 0.3) is 0 Å². The summed E-state index contributed by atoms with van der Waals surface area (Å²) in [5, 5.41) is 0. The molecule has 112 valence electrons. The summed E-state index contributed by atoms with van der Waals surface area (Å²) >= 11 is 0. The van der Waals surface area contributed by atoms with Gasteiger partial charge in [-0.05, 0) is 44.2 Å². The Morgan fingerprint density at radius 3 is 2.73 bits per heavy atom. The van der Waals surface area contributed by atoms with Crippen LogP contribution in [0.4, 0.5) is 5.69 Å². The molecule has 0 N–H and O–H groups in total. The third kappa shape index (κ3) is 1.45. The molecule has 0 radical (unpaired) electrons. The van der Waals surface area contributed by atoms with E-state index in [0.717, 1.165) is 6.42 Å². The smallest absolute Gasteiger partial charge is 0.241 e. The molecule has 1 aromatic rings. The zero-order chi connectivity index (χ0) is 15.6. The molecule has 2 aliphatic carbocycles. The molecular weight excluding hydrogens is 278 g/mol. The van der Waals surface area contributed by atoms with E-state index in [1.54, 1.807) is 24.3 Å². The minimum Gasteiger partial charge on any atom is -0.295 e. The van der Waals surface area contributed by atoms with E-state index in [-0.39, 0.29) is 35.4 Å². The van der Waals surface area contributed by atoms with Crippen molar-refractivity contribution in [3.63, 3.8) is 0 Å². The molecule has 4 nitrogen and oxygen atoms in total. The van der Waals surface area contributed by atoms with E-state index in [0.29, 0.717) is 11.3 Å². The van der Waals surface area contributed by atoms with Crippen LogP contribution in [0.15, 0.2) is 36.4 Å². The highest BCUT2D eigenvalue weighted by molar-refractivity contribution is 6.24. The standard InChI is InChI=1S/C18H17NO3/c1-10(20)11-4-3-5-14(9-11)19-16(21)15-12-6-7-13(8-12)18(15,2)17(19)22/h3-7,9,12-13,15H,8H2,1-2H3/t12-,13-,15+,18+/m0/s1. The van der Waals surface area contributed by atoms with Crippen LogP contribution in [0.3, 0.4) is 0 Å². The number of rotatable bonds is 2. The average Bonchev–Trinajstić information content (AvgIpc) is 3.12. The number of Topliss-reactive ketones (excluding diaryl/α,β-unsaturated/α-hetero) is 1. The highest BCUT2D eigenvalue weighted by atomic mass is 16.2. The fraction of sp³-hybridized carbons (Fsp3) is 0.389. The highest BCUT2D eigenvalue weighted by Crippen LogP contribution is 2.60. The normalized spacial score (nSPS) is 35.4. The van der Waals surface area contributed by atoms with Gasteiger partial charge in [0.25, 0.3) is 0 Å². The molecule has 2 fully saturated rings. The molecule has 1 heterocycles. The minimum absolute atomic E-state index is 0.0749. The van der Waals surface area contributed by atoms with Gasteiger partial charge in [-0.3, -0.25) is 14.4 Å². The molecule has 1 saturated heterocycles. The largest absolute Gasteiger partial charge is 0.295 e. The Hall–Kier alpha value is -2.23. The molecule has 3 aliphatic rings. The molecule has 4 rings (SSSR count). The SMILES string of the molecule is CC(=O)c1cccc(N2C(=O)[C@H]3[C@H]4C=C[C@@H](C4)[C@@]3(C)C2=O)c1. The van der Waals surface area contributed by atoms with E-state index >= 15 is 0 Å². The van der Waals surface area contributed by atoms with Crippen LogP contribution in [0.5, 0.6) is 0 Å². The molecule has 4 atom stereocenters. The van der Waals surface area contributed by atoms with Gasteiger partial charge in [0.1, 0.15) is 0 Å². The number of carbonyl (C=O) groups is 3. The van der Waals surface area contributed by atoms with Crippen molar-refractivity contribution in [3.8, 4) is 0 Å². The Labute approximate surface area is 128 Å². The lowest BCUT2D eigenvalue weighted by molar-refractivity contribution is -0.127. The third-order valence-electron chi connectivity index (χ3n) is 5.62. The summed E-state index contributed by atoms with van der Waals surface area (Å²) in [4.78, 5) is 38.7. The summed E-state index contributed by atoms with van der Waals surface area (Å²) in [6.45, 7) is 3.40. The van der Waals surface area contributed by atoms with Crippen LogP contribution >= 0.6 is 0 Å². The van der Waals surface area contributed by atoms with Crippen LogP contribution in [0, 0.1) is 23.2 Å². The first-order valence-corrected chi connectivity index (χ1v) is 7.62. The topological polar surface area (TPSA) is 54.5 Å². The summed E-state index contributed by atoms with van der Waals surface area (Å²) in [5.41, 5.74) is 0.405. The van der Waals surface area contributed by atoms with Crippen LogP contribution in [0.1, 0.15) is 30.6 Å². The van der Waals surface area contributed by atoms with Crippen molar-refractivity contribution in [3.05, 3.63) is 42.0 Å². The monoisotopic (exact) mass is 295 g/mol. The fourth-order valence-electron chi connectivity index (χ4n) is 4.41. The molecule has 22 heavy (non-hydrogen) atoms. The van der Waals surface area contributed by atoms with Crippen LogP contribution in [-0.2, 0) is 9.59 Å². The second-order valence-corrected chi connectivity index (χ2v) is 6.74. The lowest BCUT2D eigenvalue weighted by Crippen LogP contribution is -2.37. The number of amides is 2. The van der Waals surface area contributed by atoms with E-state index < -0.39 is 5.41 Å². The van der Waals surface area contributed by atoms with Gasteiger partial charge >= 0.3 is 0 Å². The Kier molecular flexibility index (Phi) is 2.54. The van der Waals surface area contributed by atoms with Crippen LogP contribution < -0.4 is 4.90 Å². The fourth-order valence-corrected chi connectivity index (χ4v) is 4.41. The summed E-state index contributed by atoms with van der Waals surface area (Å²) in [6, 6.07) is 6.78. The molecule has 0 spiro atoms. The molecule has 2 bridgehead atoms. The quantitative estimate of drug-likeness (QED) is 0.479. The van der Waals surface area contributed by atoms with Crippen molar-refractivity contribution in [2.75, 3.05) is 4.90 Å². The van der Waals surface area contributed by atoms with Crippen molar-refractivity contribution in [1.82, 2.24) is 0 Å². The van der Waals surface area contributed by atoms with Crippen molar-refractivity contribution in [2.24, 2.45) is 23.2 Å². The highest BCUT2D eigenvalue weighted by Gasteiger charge is 2.67. The van der Waals surface area contributed by atoms with Crippen LogP contribution in [-0.4, -0.2) is 17.6 Å². The van der Waals surface area contributed by atoms with E-state index in [1.807, 2.05) is 6.92 Å². The maximum Gasteiger partial charge on any atom is 0.241 e. The van der Waals surface area contributed by atoms with Gasteiger partial charge in [-0.25, -0.2) is 4.90 Å². The number of nitrogens with zero attached hydrogens (tertiary/aromatic N) is 1. The second kappa shape index (κ2) is 4.15. The molecule has 2 amide bonds. The Balaban J connectivity index is 1.79. The molecule has 0 aromatic heterocycles. The molecule has 1 aromatic carbocycles. The van der Waals surface area contributed by atoms with Gasteiger partial charge < -0.3 is 0 Å². The molecule has 4 heteroatoms. The van der Waals surface area contributed by atoms with Crippen molar-refractivity contribution >= 4 is 23.3 Å². The van der Waals surface area contributed by atoms with E-state index in [2.05, 4.69) is 12.2 Å². The predicted molar refractivity (Wildman–Crippen MR) is 81.3 cm³/mol. The Morgan fingerprint density at radius 1 is 1.27 bits per heavy atom. The first-order valence-electron chi connectivity index (χ1n) is 7.62. The van der Waals surface area contributed by atoms with Crippen molar-refractivity contribution < 1.29 is 14.4 Å². The maximum atomic E-state index is 13.0. The van der Waals surface area contributed by atoms with E-state index in [1.165, 1.54) is 11.8 Å². The predicted octanol–water partition coefficient (Wildman–Crippen LogP) is 2.59. The number of ketones is 1. The number of benzene rings is 1. The maximum absolute atomic E-state index is 13.0. The zero-order valence-electron chi connectivity index (χ0n) is 12.6. The lowest BCUT2D eigenvalue weighted by Gasteiger charge is -2.28. The number of fused-ring (bicyclic) bond motifs is 5. The van der Waals surface area contributed by atoms with Crippen LogP contribution in [0.2, 0.25) is 0 Å². The van der Waals surface area contributed by atoms with Crippen molar-refractivity contribution in [1.29, 1.82) is 0 Å². The molecule has 1 saturated carbocycles. The first kappa shape index (κ1) is 13.4. The third-order valence-corrected chi connectivity index (χ3v) is 5.62. The van der Waals surface area contributed by atoms with E-state index in [4.69, 9.17) is 0 Å². The molecule has 0 unspecified atom stereocenters. The lowest BCUT2D eigenvalue weighted by atomic mass is 9.71. The number of carbonyl (C=O) groups excluding carboxylic acids is 3. The van der Waals surface area contributed by atoms with Crippen molar-refractivity contribution in [2.45, 2.75) is 20.3 Å². The van der Waals surface area contributed by atoms with E-state index in [9.17, 15) is 14.4 Å². The number of hydrogen-bond acceptors (Lipinski definition) is 3. The number of anilines is 1.